The van der Waals surface area contributed by atoms with E-state index in [2.05, 4.69) is 98.1 Å². The predicted molar refractivity (Wildman–Crippen MR) is 192 cm³/mol. The maximum Gasteiger partial charge on any atom is 0.191 e. The second-order valence-corrected chi connectivity index (χ2v) is 21.3. The molecular weight excluding hydrogens is 589 g/mol. The minimum atomic E-state index is -1.79. The van der Waals surface area contributed by atoms with E-state index in [1.807, 2.05) is 0 Å². The second kappa shape index (κ2) is 16.2. The molecule has 3 fully saturated rings. The first-order valence-corrected chi connectivity index (χ1v) is 21.0. The van der Waals surface area contributed by atoms with E-state index in [1.54, 1.807) is 0 Å². The molecule has 0 aliphatic carbocycles. The standard InChI is InChI=1S/C40H64O5Si/c1-27(26-42-46(9,10)40(6,7)8)21-37-31(5)35(24-32-15-12-11-13-16-32)39(45-37)25-38-30(4)28(2)22-34(44-38)18-19-36-29(3)23-33(43-36)17-14-20-41/h11-13,15-16,20,27-28,31,33-39H,3-4,14,17-19,21-26H2,1-2,5-10H3/t27-,28+,31+,33-,34?,35+,36-,37+,38?,39-/m0/s1. The Hall–Kier alpha value is -1.57. The summed E-state index contributed by atoms with van der Waals surface area (Å²) in [6, 6.07) is 10.9. The Morgan fingerprint density at radius 3 is 2.35 bits per heavy atom. The van der Waals surface area contributed by atoms with Gasteiger partial charge in [0.15, 0.2) is 8.32 Å². The van der Waals surface area contributed by atoms with Gasteiger partial charge in [0.25, 0.3) is 0 Å². The van der Waals surface area contributed by atoms with Crippen LogP contribution < -0.4 is 0 Å². The Morgan fingerprint density at radius 2 is 1.67 bits per heavy atom. The van der Waals surface area contributed by atoms with Crippen LogP contribution in [0.25, 0.3) is 0 Å². The van der Waals surface area contributed by atoms with Crippen LogP contribution in [0.15, 0.2) is 54.6 Å². The van der Waals surface area contributed by atoms with Gasteiger partial charge in [0.1, 0.15) is 6.29 Å². The van der Waals surface area contributed by atoms with E-state index in [1.165, 1.54) is 11.1 Å². The molecule has 46 heavy (non-hydrogen) atoms. The van der Waals surface area contributed by atoms with Gasteiger partial charge in [-0.2, -0.15) is 0 Å². The van der Waals surface area contributed by atoms with Crippen LogP contribution in [0.5, 0.6) is 0 Å². The maximum atomic E-state index is 10.8. The van der Waals surface area contributed by atoms with Crippen LogP contribution in [0, 0.1) is 23.7 Å². The van der Waals surface area contributed by atoms with Gasteiger partial charge in [-0.25, -0.2) is 0 Å². The number of benzene rings is 1. The van der Waals surface area contributed by atoms with E-state index in [9.17, 15) is 4.79 Å². The molecule has 0 spiro atoms. The molecule has 5 nitrogen and oxygen atoms in total. The van der Waals surface area contributed by atoms with Gasteiger partial charge < -0.3 is 23.4 Å². The maximum absolute atomic E-state index is 10.8. The smallest absolute Gasteiger partial charge is 0.191 e. The van der Waals surface area contributed by atoms with E-state index in [0.29, 0.717) is 30.1 Å². The quantitative estimate of drug-likeness (QED) is 0.107. The highest BCUT2D eigenvalue weighted by atomic mass is 28.4. The molecule has 3 aliphatic rings. The predicted octanol–water partition coefficient (Wildman–Crippen LogP) is 9.51. The van der Waals surface area contributed by atoms with Crippen molar-refractivity contribution in [3.8, 4) is 0 Å². The second-order valence-electron chi connectivity index (χ2n) is 16.5. The van der Waals surface area contributed by atoms with Crippen LogP contribution in [0.2, 0.25) is 18.1 Å². The molecule has 0 radical (unpaired) electrons. The summed E-state index contributed by atoms with van der Waals surface area (Å²) in [6.07, 6.45) is 9.61. The van der Waals surface area contributed by atoms with Crippen molar-refractivity contribution in [1.82, 2.24) is 0 Å². The molecule has 1 aromatic carbocycles. The Bertz CT molecular complexity index is 1140. The lowest BCUT2D eigenvalue weighted by atomic mass is 9.78. The Balaban J connectivity index is 1.40. The topological polar surface area (TPSA) is 54.0 Å². The average molecular weight is 653 g/mol. The van der Waals surface area contributed by atoms with E-state index in [4.69, 9.17) is 18.6 Å². The normalized spacial score (nSPS) is 33.0. The Labute approximate surface area is 282 Å². The fourth-order valence-corrected chi connectivity index (χ4v) is 8.61. The van der Waals surface area contributed by atoms with Gasteiger partial charge in [0.2, 0.25) is 0 Å². The first kappa shape index (κ1) is 37.2. The highest BCUT2D eigenvalue weighted by Gasteiger charge is 2.45. The van der Waals surface area contributed by atoms with Crippen LogP contribution in [0.3, 0.4) is 0 Å². The lowest BCUT2D eigenvalue weighted by molar-refractivity contribution is -0.108. The van der Waals surface area contributed by atoms with Crippen LogP contribution in [0.1, 0.15) is 98.5 Å². The fraction of sp³-hybridized carbons (Fsp3) is 0.725. The molecule has 0 aromatic heterocycles. The van der Waals surface area contributed by atoms with Crippen molar-refractivity contribution in [3.63, 3.8) is 0 Å². The van der Waals surface area contributed by atoms with Crippen molar-refractivity contribution in [3.05, 3.63) is 60.2 Å². The lowest BCUT2D eigenvalue weighted by Gasteiger charge is -2.38. The summed E-state index contributed by atoms with van der Waals surface area (Å²) in [5, 5.41) is 0.213. The summed E-state index contributed by atoms with van der Waals surface area (Å²) >= 11 is 0. The molecule has 3 heterocycles. The van der Waals surface area contributed by atoms with Gasteiger partial charge in [-0.3, -0.25) is 0 Å². The summed E-state index contributed by atoms with van der Waals surface area (Å²) in [4.78, 5) is 10.8. The van der Waals surface area contributed by atoms with E-state index in [0.717, 1.165) is 69.8 Å². The third kappa shape index (κ3) is 9.75. The minimum Gasteiger partial charge on any atom is -0.417 e. The summed E-state index contributed by atoms with van der Waals surface area (Å²) in [7, 11) is -1.79. The number of rotatable bonds is 15. The molecule has 4 rings (SSSR count). The van der Waals surface area contributed by atoms with Crippen LogP contribution in [-0.2, 0) is 29.9 Å². The van der Waals surface area contributed by atoms with Gasteiger partial charge >= 0.3 is 0 Å². The van der Waals surface area contributed by atoms with Gasteiger partial charge in [0.05, 0.1) is 36.6 Å². The van der Waals surface area contributed by atoms with Crippen LogP contribution >= 0.6 is 0 Å². The molecule has 3 aliphatic heterocycles. The zero-order chi connectivity index (χ0) is 33.6. The minimum absolute atomic E-state index is 0.00430. The monoisotopic (exact) mass is 652 g/mol. The van der Waals surface area contributed by atoms with Crippen molar-refractivity contribution >= 4 is 14.6 Å². The molecule has 6 heteroatoms. The van der Waals surface area contributed by atoms with Gasteiger partial charge in [-0.15, -0.1) is 0 Å². The highest BCUT2D eigenvalue weighted by molar-refractivity contribution is 6.74. The zero-order valence-corrected chi connectivity index (χ0v) is 31.3. The number of carbonyl (C=O) groups excluding carboxylic acids is 1. The number of hydrogen-bond donors (Lipinski definition) is 0. The first-order valence-electron chi connectivity index (χ1n) is 18.1. The number of carbonyl (C=O) groups is 1. The van der Waals surface area contributed by atoms with E-state index >= 15 is 0 Å². The number of hydrogen-bond acceptors (Lipinski definition) is 5. The lowest BCUT2D eigenvalue weighted by Crippen LogP contribution is -2.42. The molecule has 0 amide bonds. The third-order valence-electron chi connectivity index (χ3n) is 11.7. The summed E-state index contributed by atoms with van der Waals surface area (Å²) in [6.45, 7) is 28.3. The first-order chi connectivity index (χ1) is 21.7. The van der Waals surface area contributed by atoms with Crippen molar-refractivity contribution in [2.45, 2.75) is 154 Å². The number of aldehydes is 1. The molecule has 0 N–H and O–H groups in total. The molecule has 2 unspecified atom stereocenters. The highest BCUT2D eigenvalue weighted by Crippen LogP contribution is 2.43. The molecular formula is C40H64O5Si. The molecule has 258 valence electrons. The largest absolute Gasteiger partial charge is 0.417 e. The fourth-order valence-electron chi connectivity index (χ4n) is 7.48. The third-order valence-corrected chi connectivity index (χ3v) is 16.2. The van der Waals surface area contributed by atoms with Crippen LogP contribution in [0.4, 0.5) is 0 Å². The van der Waals surface area contributed by atoms with Crippen molar-refractivity contribution in [2.24, 2.45) is 23.7 Å². The summed E-state index contributed by atoms with van der Waals surface area (Å²) in [5.74, 6) is 1.72. The van der Waals surface area contributed by atoms with Crippen molar-refractivity contribution in [1.29, 1.82) is 0 Å². The van der Waals surface area contributed by atoms with Gasteiger partial charge in [-0.1, -0.05) is 85.0 Å². The van der Waals surface area contributed by atoms with Crippen molar-refractivity contribution < 1.29 is 23.4 Å². The molecule has 0 saturated carbocycles. The Kier molecular flexibility index (Phi) is 13.1. The average Bonchev–Trinajstić information content (AvgIpc) is 3.49. The van der Waals surface area contributed by atoms with Gasteiger partial charge in [-0.05, 0) is 103 Å². The molecule has 0 bridgehead atoms. The molecule has 1 aromatic rings. The number of ether oxygens (including phenoxy) is 3. The summed E-state index contributed by atoms with van der Waals surface area (Å²) in [5.41, 5.74) is 3.74. The Morgan fingerprint density at radius 1 is 0.978 bits per heavy atom. The van der Waals surface area contributed by atoms with E-state index < -0.39 is 8.32 Å². The molecule has 10 atom stereocenters. The van der Waals surface area contributed by atoms with E-state index in [-0.39, 0.29) is 41.7 Å². The van der Waals surface area contributed by atoms with Crippen molar-refractivity contribution in [2.75, 3.05) is 6.61 Å². The van der Waals surface area contributed by atoms with Crippen LogP contribution in [-0.4, -0.2) is 57.8 Å². The summed E-state index contributed by atoms with van der Waals surface area (Å²) < 4.78 is 26.8. The molecule has 3 saturated heterocycles. The zero-order valence-electron chi connectivity index (χ0n) is 30.3. The van der Waals surface area contributed by atoms with Gasteiger partial charge in [0, 0.05) is 19.4 Å². The SMILES string of the molecule is C=C1C(C[C@@H]2O[C@H](C[C@H](C)CO[Si](C)(C)C(C)(C)C)[C@H](C)[C@H]2Cc2ccccc2)OC(CC[C@@H]2O[C@@H](CCC=O)CC2=C)C[C@H]1C.